The molecule has 7 heteroatoms. The number of hydrogen-bond donors (Lipinski definition) is 2. The first kappa shape index (κ1) is 20.1. The van der Waals surface area contributed by atoms with Crippen molar-refractivity contribution in [3.8, 4) is 0 Å². The smallest absolute Gasteiger partial charge is 0.240 e. The third kappa shape index (κ3) is 5.37. The molecule has 0 bridgehead atoms. The van der Waals surface area contributed by atoms with Crippen molar-refractivity contribution in [1.29, 1.82) is 0 Å². The highest BCUT2D eigenvalue weighted by molar-refractivity contribution is 7.89. The Morgan fingerprint density at radius 2 is 1.77 bits per heavy atom. The van der Waals surface area contributed by atoms with Crippen LogP contribution in [0.4, 0.5) is 4.39 Å². The van der Waals surface area contributed by atoms with Crippen molar-refractivity contribution in [2.24, 2.45) is 0 Å². The average Bonchev–Trinajstić information content (AvgIpc) is 2.57. The van der Waals surface area contributed by atoms with Crippen LogP contribution in [0.15, 0.2) is 47.4 Å². The van der Waals surface area contributed by atoms with Gasteiger partial charge in [-0.15, -0.1) is 0 Å². The molecule has 0 fully saturated rings. The van der Waals surface area contributed by atoms with E-state index in [-0.39, 0.29) is 29.8 Å². The molecular weight excluding hydrogens is 355 g/mol. The summed E-state index contributed by atoms with van der Waals surface area (Å²) < 4.78 is 39.4. The van der Waals surface area contributed by atoms with Crippen LogP contribution in [-0.4, -0.2) is 20.9 Å². The minimum absolute atomic E-state index is 0.00955. The Hall–Kier alpha value is -2.25. The van der Waals surface area contributed by atoms with Gasteiger partial charge in [0.1, 0.15) is 5.82 Å². The fourth-order valence-electron chi connectivity index (χ4n) is 2.61. The van der Waals surface area contributed by atoms with Crippen LogP contribution in [-0.2, 0) is 14.8 Å². The summed E-state index contributed by atoms with van der Waals surface area (Å²) in [6.45, 7) is 5.82. The molecular formula is C19H23FN2O3S. The summed E-state index contributed by atoms with van der Waals surface area (Å²) in [4.78, 5) is 12.1. The average molecular weight is 378 g/mol. The van der Waals surface area contributed by atoms with Gasteiger partial charge in [-0.2, -0.15) is 0 Å². The minimum Gasteiger partial charge on any atom is -0.350 e. The Morgan fingerprint density at radius 3 is 2.42 bits per heavy atom. The van der Waals surface area contributed by atoms with Crippen LogP contribution in [0.5, 0.6) is 0 Å². The predicted octanol–water partition coefficient (Wildman–Crippen LogP) is 2.99. The zero-order valence-electron chi connectivity index (χ0n) is 15.0. The lowest BCUT2D eigenvalue weighted by molar-refractivity contribution is -0.121. The number of aryl methyl sites for hydroxylation is 2. The molecule has 0 heterocycles. The van der Waals surface area contributed by atoms with E-state index in [1.807, 2.05) is 39.0 Å². The summed E-state index contributed by atoms with van der Waals surface area (Å²) in [5.41, 5.74) is 3.23. The normalized spacial score (nSPS) is 12.6. The maximum Gasteiger partial charge on any atom is 0.240 e. The fourth-order valence-corrected chi connectivity index (χ4v) is 3.65. The monoisotopic (exact) mass is 378 g/mol. The van der Waals surface area contributed by atoms with Crippen molar-refractivity contribution < 1.29 is 17.6 Å². The quantitative estimate of drug-likeness (QED) is 0.778. The van der Waals surface area contributed by atoms with Crippen molar-refractivity contribution in [2.75, 3.05) is 6.54 Å². The molecule has 0 radical (unpaired) electrons. The first-order chi connectivity index (χ1) is 12.2. The predicted molar refractivity (Wildman–Crippen MR) is 98.7 cm³/mol. The Balaban J connectivity index is 1.88. The molecule has 1 amide bonds. The third-order valence-corrected chi connectivity index (χ3v) is 5.52. The first-order valence-electron chi connectivity index (χ1n) is 8.31. The van der Waals surface area contributed by atoms with Gasteiger partial charge < -0.3 is 5.32 Å². The second-order valence-corrected chi connectivity index (χ2v) is 8.02. The van der Waals surface area contributed by atoms with Gasteiger partial charge in [0.25, 0.3) is 0 Å². The lowest BCUT2D eigenvalue weighted by atomic mass is 10.00. The largest absolute Gasteiger partial charge is 0.350 e. The number of carbonyl (C=O) groups is 1. The summed E-state index contributed by atoms with van der Waals surface area (Å²) >= 11 is 0. The topological polar surface area (TPSA) is 75.3 Å². The van der Waals surface area contributed by atoms with E-state index in [0.717, 1.165) is 28.8 Å². The van der Waals surface area contributed by atoms with Crippen LogP contribution in [0.25, 0.3) is 0 Å². The van der Waals surface area contributed by atoms with Crippen LogP contribution < -0.4 is 10.0 Å². The van der Waals surface area contributed by atoms with E-state index < -0.39 is 15.8 Å². The maximum atomic E-state index is 12.9. The van der Waals surface area contributed by atoms with Crippen LogP contribution in [0, 0.1) is 19.7 Å². The van der Waals surface area contributed by atoms with Crippen molar-refractivity contribution in [3.63, 3.8) is 0 Å². The highest BCUT2D eigenvalue weighted by Crippen LogP contribution is 2.19. The van der Waals surface area contributed by atoms with E-state index in [2.05, 4.69) is 10.0 Å². The van der Waals surface area contributed by atoms with Crippen LogP contribution >= 0.6 is 0 Å². The molecule has 140 valence electrons. The van der Waals surface area contributed by atoms with Crippen molar-refractivity contribution in [3.05, 3.63) is 65.0 Å². The molecule has 2 rings (SSSR count). The molecule has 0 spiro atoms. The Kier molecular flexibility index (Phi) is 6.50. The third-order valence-electron chi connectivity index (χ3n) is 4.05. The Morgan fingerprint density at radius 1 is 1.12 bits per heavy atom. The molecule has 2 N–H and O–H groups in total. The molecule has 0 aromatic heterocycles. The Bertz CT molecular complexity index is 880. The maximum absolute atomic E-state index is 12.9. The highest BCUT2D eigenvalue weighted by atomic mass is 32.2. The van der Waals surface area contributed by atoms with Crippen LogP contribution in [0.1, 0.15) is 36.1 Å². The first-order valence-corrected chi connectivity index (χ1v) is 9.79. The van der Waals surface area contributed by atoms with Gasteiger partial charge in [-0.3, -0.25) is 4.79 Å². The van der Waals surface area contributed by atoms with E-state index in [1.54, 1.807) is 0 Å². The molecule has 1 atom stereocenters. The zero-order valence-corrected chi connectivity index (χ0v) is 15.9. The highest BCUT2D eigenvalue weighted by Gasteiger charge is 2.16. The molecule has 0 aliphatic heterocycles. The molecule has 0 saturated carbocycles. The van der Waals surface area contributed by atoms with E-state index in [1.165, 1.54) is 12.1 Å². The number of carbonyl (C=O) groups excluding carboxylic acids is 1. The molecule has 2 aromatic carbocycles. The van der Waals surface area contributed by atoms with Gasteiger partial charge in [0, 0.05) is 13.0 Å². The van der Waals surface area contributed by atoms with Gasteiger partial charge in [-0.05, 0) is 56.2 Å². The number of nitrogens with one attached hydrogen (secondary N) is 2. The van der Waals surface area contributed by atoms with Crippen LogP contribution in [0.3, 0.4) is 0 Å². The van der Waals surface area contributed by atoms with E-state index in [0.29, 0.717) is 0 Å². The number of benzene rings is 2. The molecule has 2 aromatic rings. The number of sulfonamides is 1. The van der Waals surface area contributed by atoms with Crippen LogP contribution in [0.2, 0.25) is 0 Å². The summed E-state index contributed by atoms with van der Waals surface area (Å²) in [6, 6.07) is 10.4. The Labute approximate surface area is 153 Å². The SMILES string of the molecule is Cc1ccc(C)c(C(C)NC(=O)CCNS(=O)(=O)c2ccc(F)cc2)c1. The van der Waals surface area contributed by atoms with Crippen molar-refractivity contribution >= 4 is 15.9 Å². The molecule has 0 aliphatic rings. The van der Waals surface area contributed by atoms with Gasteiger partial charge in [0.2, 0.25) is 15.9 Å². The van der Waals surface area contributed by atoms with E-state index in [9.17, 15) is 17.6 Å². The molecule has 0 saturated heterocycles. The molecule has 0 aliphatic carbocycles. The molecule has 5 nitrogen and oxygen atoms in total. The number of hydrogen-bond acceptors (Lipinski definition) is 3. The van der Waals surface area contributed by atoms with E-state index >= 15 is 0 Å². The fraction of sp³-hybridized carbons (Fsp3) is 0.316. The van der Waals surface area contributed by atoms with Crippen molar-refractivity contribution in [1.82, 2.24) is 10.0 Å². The summed E-state index contributed by atoms with van der Waals surface area (Å²) in [5, 5.41) is 2.87. The molecule has 1 unspecified atom stereocenters. The summed E-state index contributed by atoms with van der Waals surface area (Å²) in [6.07, 6.45) is 0.00955. The van der Waals surface area contributed by atoms with Gasteiger partial charge >= 0.3 is 0 Å². The molecule has 26 heavy (non-hydrogen) atoms. The summed E-state index contributed by atoms with van der Waals surface area (Å²) in [5.74, 6) is -0.760. The van der Waals surface area contributed by atoms with E-state index in [4.69, 9.17) is 0 Å². The summed E-state index contributed by atoms with van der Waals surface area (Å²) in [7, 11) is -3.76. The number of halogens is 1. The second-order valence-electron chi connectivity index (χ2n) is 6.25. The lowest BCUT2D eigenvalue weighted by Crippen LogP contribution is -2.32. The standard InChI is InChI=1S/C19H23FN2O3S/c1-13-4-5-14(2)18(12-13)15(3)22-19(23)10-11-21-26(24,25)17-8-6-16(20)7-9-17/h4-9,12,15,21H,10-11H2,1-3H3,(H,22,23). The van der Waals surface area contributed by atoms with Gasteiger partial charge in [0.15, 0.2) is 0 Å². The van der Waals surface area contributed by atoms with Gasteiger partial charge in [0.05, 0.1) is 10.9 Å². The van der Waals surface area contributed by atoms with Gasteiger partial charge in [-0.1, -0.05) is 23.8 Å². The number of amides is 1. The zero-order chi connectivity index (χ0) is 19.3. The lowest BCUT2D eigenvalue weighted by Gasteiger charge is -2.17. The van der Waals surface area contributed by atoms with Gasteiger partial charge in [-0.25, -0.2) is 17.5 Å². The number of rotatable bonds is 7. The minimum atomic E-state index is -3.76. The van der Waals surface area contributed by atoms with Crippen molar-refractivity contribution in [2.45, 2.75) is 38.1 Å². The second kappa shape index (κ2) is 8.42.